The van der Waals surface area contributed by atoms with E-state index in [0.717, 1.165) is 16.5 Å². The number of para-hydroxylation sites is 1. The summed E-state index contributed by atoms with van der Waals surface area (Å²) in [7, 11) is -3.45. The van der Waals surface area contributed by atoms with E-state index >= 15 is 0 Å². The molecule has 0 spiro atoms. The lowest BCUT2D eigenvalue weighted by Crippen LogP contribution is -2.03. The average molecular weight is 359 g/mol. The van der Waals surface area contributed by atoms with Crippen LogP contribution in [-0.4, -0.2) is 19.7 Å². The average Bonchev–Trinajstić information content (AvgIpc) is 2.67. The summed E-state index contributed by atoms with van der Waals surface area (Å²) in [6.07, 6.45) is 1.25. The van der Waals surface area contributed by atoms with Gasteiger partial charge in [-0.1, -0.05) is 72.8 Å². The fourth-order valence-electron chi connectivity index (χ4n) is 3.20. The molecule has 0 aliphatic rings. The molecule has 0 amide bonds. The Labute approximate surface area is 152 Å². The molecule has 0 atom stereocenters. The minimum Gasteiger partial charge on any atom is -0.248 e. The molecule has 1 aromatic heterocycles. The van der Waals surface area contributed by atoms with Crippen LogP contribution >= 0.6 is 0 Å². The quantitative estimate of drug-likeness (QED) is 0.519. The number of pyridine rings is 1. The zero-order valence-electron chi connectivity index (χ0n) is 14.3. The van der Waals surface area contributed by atoms with E-state index in [1.165, 1.54) is 6.26 Å². The molecule has 128 valence electrons. The van der Waals surface area contributed by atoms with Gasteiger partial charge in [-0.25, -0.2) is 13.4 Å². The van der Waals surface area contributed by atoms with Gasteiger partial charge in [-0.15, -0.1) is 0 Å². The topological polar surface area (TPSA) is 47.0 Å². The highest BCUT2D eigenvalue weighted by Gasteiger charge is 2.21. The summed E-state index contributed by atoms with van der Waals surface area (Å²) in [4.78, 5) is 5.00. The normalized spacial score (nSPS) is 11.6. The van der Waals surface area contributed by atoms with Crippen LogP contribution in [0.1, 0.15) is 0 Å². The maximum atomic E-state index is 12.7. The Morgan fingerprint density at radius 2 is 1.38 bits per heavy atom. The molecule has 4 heteroatoms. The number of nitrogens with zero attached hydrogens (tertiary/aromatic N) is 1. The molecule has 0 saturated carbocycles. The maximum absolute atomic E-state index is 12.7. The molecule has 0 fully saturated rings. The Morgan fingerprint density at radius 3 is 2.15 bits per heavy atom. The number of hydrogen-bond donors (Lipinski definition) is 0. The van der Waals surface area contributed by atoms with Gasteiger partial charge < -0.3 is 0 Å². The fraction of sp³-hybridized carbons (Fsp3) is 0.0455. The van der Waals surface area contributed by atoms with Gasteiger partial charge in [0.05, 0.1) is 16.1 Å². The number of hydrogen-bond acceptors (Lipinski definition) is 3. The van der Waals surface area contributed by atoms with Gasteiger partial charge in [-0.3, -0.25) is 0 Å². The van der Waals surface area contributed by atoms with Crippen LogP contribution in [0.2, 0.25) is 0 Å². The summed E-state index contributed by atoms with van der Waals surface area (Å²) < 4.78 is 25.3. The summed E-state index contributed by atoms with van der Waals surface area (Å²) in [5, 5.41) is 1.02. The Bertz CT molecular complexity index is 1200. The van der Waals surface area contributed by atoms with Crippen molar-refractivity contribution in [1.29, 1.82) is 0 Å². The van der Waals surface area contributed by atoms with Crippen LogP contribution in [0.25, 0.3) is 33.3 Å². The number of benzene rings is 3. The van der Waals surface area contributed by atoms with Crippen molar-refractivity contribution in [1.82, 2.24) is 4.98 Å². The van der Waals surface area contributed by atoms with Crippen molar-refractivity contribution in [2.75, 3.05) is 6.26 Å². The van der Waals surface area contributed by atoms with E-state index in [-0.39, 0.29) is 0 Å². The molecule has 26 heavy (non-hydrogen) atoms. The first-order chi connectivity index (χ1) is 12.5. The first kappa shape index (κ1) is 16.5. The van der Waals surface area contributed by atoms with E-state index in [1.807, 2.05) is 84.9 Å². The highest BCUT2D eigenvalue weighted by molar-refractivity contribution is 7.91. The van der Waals surface area contributed by atoms with Gasteiger partial charge in [0.1, 0.15) is 0 Å². The molecule has 4 aromatic rings. The van der Waals surface area contributed by atoms with Crippen LogP contribution in [0.15, 0.2) is 89.8 Å². The Hall–Kier alpha value is -2.98. The molecular formula is C22H17NO2S. The molecule has 0 saturated heterocycles. The Morgan fingerprint density at radius 1 is 0.692 bits per heavy atom. The Balaban J connectivity index is 2.02. The molecule has 1 heterocycles. The number of fused-ring (bicyclic) bond motifs is 1. The smallest absolute Gasteiger partial charge is 0.176 e. The number of aromatic nitrogens is 1. The van der Waals surface area contributed by atoms with Crippen molar-refractivity contribution >= 4 is 20.7 Å². The molecule has 0 N–H and O–H groups in total. The first-order valence-electron chi connectivity index (χ1n) is 8.29. The SMILES string of the molecule is CS(=O)(=O)c1c(-c2ccccc2)cccc1-c1ccc2ccccc2n1. The third kappa shape index (κ3) is 3.00. The molecule has 3 nitrogen and oxygen atoms in total. The van der Waals surface area contributed by atoms with E-state index in [4.69, 9.17) is 0 Å². The largest absolute Gasteiger partial charge is 0.248 e. The van der Waals surface area contributed by atoms with Gasteiger partial charge in [0.2, 0.25) is 0 Å². The Kier molecular flexibility index (Phi) is 4.05. The molecule has 3 aromatic carbocycles. The van der Waals surface area contributed by atoms with Crippen LogP contribution < -0.4 is 0 Å². The van der Waals surface area contributed by atoms with Gasteiger partial charge in [0.25, 0.3) is 0 Å². The lowest BCUT2D eigenvalue weighted by atomic mass is 10.0. The summed E-state index contributed by atoms with van der Waals surface area (Å²) in [5.74, 6) is 0. The minimum absolute atomic E-state index is 0.314. The third-order valence-electron chi connectivity index (χ3n) is 4.34. The monoisotopic (exact) mass is 359 g/mol. The van der Waals surface area contributed by atoms with Crippen LogP contribution in [0, 0.1) is 0 Å². The minimum atomic E-state index is -3.45. The zero-order chi connectivity index (χ0) is 18.1. The van der Waals surface area contributed by atoms with Gasteiger partial charge in [-0.05, 0) is 17.7 Å². The second kappa shape index (κ2) is 6.39. The summed E-state index contributed by atoms with van der Waals surface area (Å²) >= 11 is 0. The van der Waals surface area contributed by atoms with E-state index in [1.54, 1.807) is 0 Å². The second-order valence-electron chi connectivity index (χ2n) is 6.21. The zero-order valence-corrected chi connectivity index (χ0v) is 15.1. The number of rotatable bonds is 3. The van der Waals surface area contributed by atoms with E-state index in [2.05, 4.69) is 4.98 Å². The molecule has 0 aliphatic heterocycles. The van der Waals surface area contributed by atoms with Crippen molar-refractivity contribution in [3.8, 4) is 22.4 Å². The van der Waals surface area contributed by atoms with Crippen molar-refractivity contribution in [3.63, 3.8) is 0 Å². The molecule has 0 unspecified atom stereocenters. The molecule has 0 radical (unpaired) electrons. The maximum Gasteiger partial charge on any atom is 0.176 e. The van der Waals surface area contributed by atoms with Crippen molar-refractivity contribution in [3.05, 3.63) is 84.9 Å². The predicted octanol–water partition coefficient (Wildman–Crippen LogP) is 4.97. The lowest BCUT2D eigenvalue weighted by molar-refractivity contribution is 0.602. The third-order valence-corrected chi connectivity index (χ3v) is 5.53. The van der Waals surface area contributed by atoms with Gasteiger partial charge in [0.15, 0.2) is 9.84 Å². The first-order valence-corrected chi connectivity index (χ1v) is 10.2. The van der Waals surface area contributed by atoms with Crippen LogP contribution in [0.3, 0.4) is 0 Å². The molecular weight excluding hydrogens is 342 g/mol. The summed E-state index contributed by atoms with van der Waals surface area (Å²) in [6, 6.07) is 26.8. The summed E-state index contributed by atoms with van der Waals surface area (Å²) in [5.41, 5.74) is 3.69. The van der Waals surface area contributed by atoms with Gasteiger partial charge >= 0.3 is 0 Å². The van der Waals surface area contributed by atoms with Crippen LogP contribution in [0.4, 0.5) is 0 Å². The molecule has 4 rings (SSSR count). The van der Waals surface area contributed by atoms with Crippen molar-refractivity contribution < 1.29 is 8.42 Å². The van der Waals surface area contributed by atoms with Gasteiger partial charge in [-0.2, -0.15) is 0 Å². The van der Waals surface area contributed by atoms with E-state index in [0.29, 0.717) is 21.7 Å². The molecule has 0 bridgehead atoms. The van der Waals surface area contributed by atoms with Gasteiger partial charge in [0, 0.05) is 22.8 Å². The molecule has 0 aliphatic carbocycles. The standard InChI is InChI=1S/C22H17NO2S/c1-26(24,25)22-18(16-8-3-2-4-9-16)11-7-12-19(22)21-15-14-17-10-5-6-13-20(17)23-21/h2-15H,1H3. The van der Waals surface area contributed by atoms with E-state index in [9.17, 15) is 8.42 Å². The second-order valence-corrected chi connectivity index (χ2v) is 8.16. The van der Waals surface area contributed by atoms with E-state index < -0.39 is 9.84 Å². The highest BCUT2D eigenvalue weighted by atomic mass is 32.2. The van der Waals surface area contributed by atoms with Crippen LogP contribution in [-0.2, 0) is 9.84 Å². The van der Waals surface area contributed by atoms with Crippen molar-refractivity contribution in [2.45, 2.75) is 4.90 Å². The lowest BCUT2D eigenvalue weighted by Gasteiger charge is -2.14. The predicted molar refractivity (Wildman–Crippen MR) is 106 cm³/mol. The number of sulfone groups is 1. The highest BCUT2D eigenvalue weighted by Crippen LogP contribution is 2.35. The fourth-order valence-corrected chi connectivity index (χ4v) is 4.36. The van der Waals surface area contributed by atoms with Crippen LogP contribution in [0.5, 0.6) is 0 Å². The van der Waals surface area contributed by atoms with Crippen molar-refractivity contribution in [2.24, 2.45) is 0 Å². The summed E-state index contributed by atoms with van der Waals surface area (Å²) in [6.45, 7) is 0.